The van der Waals surface area contributed by atoms with E-state index in [0.717, 1.165) is 38.1 Å². The number of carbonyl (C=O) groups is 7. The van der Waals surface area contributed by atoms with Crippen LogP contribution in [-0.4, -0.2) is 147 Å². The highest BCUT2D eigenvalue weighted by Gasteiger charge is 2.36. The summed E-state index contributed by atoms with van der Waals surface area (Å²) < 4.78 is 0. The molecule has 20 nitrogen and oxygen atoms in total. The monoisotopic (exact) mass is 1020 g/mol. The molecule has 22 heteroatoms. The Morgan fingerprint density at radius 2 is 1.31 bits per heavy atom. The number of hydrogen-bond donors (Lipinski definition) is 13. The summed E-state index contributed by atoms with van der Waals surface area (Å²) in [5.41, 5.74) is 15.0. The van der Waals surface area contributed by atoms with Gasteiger partial charge in [0.05, 0.1) is 30.9 Å². The second kappa shape index (κ2) is 28.1. The maximum Gasteiger partial charge on any atom is 0.245 e. The minimum atomic E-state index is -1.66. The van der Waals surface area contributed by atoms with Crippen molar-refractivity contribution in [2.75, 3.05) is 24.7 Å². The Labute approximate surface area is 420 Å². The van der Waals surface area contributed by atoms with Crippen molar-refractivity contribution in [2.45, 2.75) is 113 Å². The Kier molecular flexibility index (Phi) is 22.2. The van der Waals surface area contributed by atoms with Crippen molar-refractivity contribution in [3.63, 3.8) is 0 Å². The number of nitrogens with one attached hydrogen (secondary N) is 8. The zero-order chi connectivity index (χ0) is 51.5. The molecule has 384 valence electrons. The van der Waals surface area contributed by atoms with E-state index in [1.54, 1.807) is 60.8 Å². The standard InChI is InChI=1S/C49H66N10O10S2/c1-28(61)39(25-60)56-48(68)41-27-71-70-26-40(57-43(63)34(51)21-30-13-5-3-6-14-30)47(67)54-37(22-31-15-7-4-8-16-31)45(65)55-38(23-32-24-52-35-18-10-9-17-33(32)35)46(66)53-36(19-11-12-20-50)44(64)59-42(29(2)62)49(69)58-41/h3-10,13-18,24,28-29,34,36-42,52,60-62H,11-12,19-23,25-27,50-51H2,1-2H3,(H,53,66)(H,54,67)(H,55,65)(H,56,68)(H,57,63)(H,58,69)(H,59,64). The molecule has 5 rings (SSSR count). The first-order valence-corrected chi connectivity index (χ1v) is 26.0. The number of benzene rings is 3. The Bertz CT molecular complexity index is 2400. The van der Waals surface area contributed by atoms with Gasteiger partial charge in [-0.3, -0.25) is 33.6 Å². The fourth-order valence-corrected chi connectivity index (χ4v) is 10.1. The van der Waals surface area contributed by atoms with Crippen molar-refractivity contribution >= 4 is 73.8 Å². The van der Waals surface area contributed by atoms with Crippen LogP contribution in [0.5, 0.6) is 0 Å². The number of amides is 7. The van der Waals surface area contributed by atoms with Crippen molar-refractivity contribution in [2.24, 2.45) is 11.5 Å². The topological polar surface area (TPSA) is 332 Å². The fourth-order valence-electron chi connectivity index (χ4n) is 7.73. The Morgan fingerprint density at radius 1 is 0.718 bits per heavy atom. The Morgan fingerprint density at radius 3 is 1.96 bits per heavy atom. The van der Waals surface area contributed by atoms with Crippen LogP contribution in [0.4, 0.5) is 0 Å². The van der Waals surface area contributed by atoms with Crippen LogP contribution in [-0.2, 0) is 52.8 Å². The normalized spacial score (nSPS) is 22.8. The van der Waals surface area contributed by atoms with Gasteiger partial charge in [-0.25, -0.2) is 0 Å². The van der Waals surface area contributed by atoms with Gasteiger partial charge in [0, 0.05) is 41.4 Å². The molecule has 1 aromatic heterocycles. The van der Waals surface area contributed by atoms with Crippen LogP contribution < -0.4 is 48.7 Å². The number of unbranched alkanes of at least 4 members (excludes halogenated alkanes) is 1. The van der Waals surface area contributed by atoms with E-state index in [4.69, 9.17) is 11.5 Å². The summed E-state index contributed by atoms with van der Waals surface area (Å²) in [6.45, 7) is 2.23. The summed E-state index contributed by atoms with van der Waals surface area (Å²) in [5.74, 6) is -6.01. The van der Waals surface area contributed by atoms with Crippen molar-refractivity contribution in [3.05, 3.63) is 108 Å². The molecule has 1 fully saturated rings. The zero-order valence-corrected chi connectivity index (χ0v) is 41.3. The third-order valence-corrected chi connectivity index (χ3v) is 14.3. The number of para-hydroxylation sites is 1. The molecule has 1 aliphatic heterocycles. The highest BCUT2D eigenvalue weighted by Crippen LogP contribution is 2.24. The van der Waals surface area contributed by atoms with Crippen LogP contribution in [0.25, 0.3) is 10.9 Å². The second-order valence-corrected chi connectivity index (χ2v) is 20.0. The second-order valence-electron chi connectivity index (χ2n) is 17.5. The third kappa shape index (κ3) is 17.1. The number of aromatic amines is 1. The first kappa shape index (κ1) is 55.9. The van der Waals surface area contributed by atoms with Gasteiger partial charge in [-0.05, 0) is 68.8 Å². The van der Waals surface area contributed by atoms with Gasteiger partial charge >= 0.3 is 0 Å². The number of fused-ring (bicyclic) bond motifs is 1. The van der Waals surface area contributed by atoms with Gasteiger partial charge in [0.1, 0.15) is 36.3 Å². The number of carbonyl (C=O) groups excluding carboxylic acids is 7. The summed E-state index contributed by atoms with van der Waals surface area (Å²) in [7, 11) is 2.06. The number of nitrogens with two attached hydrogens (primary N) is 2. The smallest absolute Gasteiger partial charge is 0.245 e. The molecule has 15 N–H and O–H groups in total. The molecule has 71 heavy (non-hydrogen) atoms. The molecule has 0 bridgehead atoms. The van der Waals surface area contributed by atoms with Crippen LogP contribution in [0.2, 0.25) is 0 Å². The molecule has 10 unspecified atom stereocenters. The lowest BCUT2D eigenvalue weighted by atomic mass is 10.0. The number of H-pyrrole nitrogens is 1. The van der Waals surface area contributed by atoms with E-state index in [-0.39, 0.29) is 43.7 Å². The van der Waals surface area contributed by atoms with E-state index in [9.17, 15) is 48.9 Å². The van der Waals surface area contributed by atoms with E-state index in [2.05, 4.69) is 42.2 Å². The molecule has 1 aliphatic rings. The molecule has 3 aromatic carbocycles. The van der Waals surface area contributed by atoms with Gasteiger partial charge in [0.15, 0.2) is 0 Å². The first-order valence-electron chi connectivity index (χ1n) is 23.5. The van der Waals surface area contributed by atoms with Gasteiger partial charge in [0.2, 0.25) is 41.4 Å². The predicted octanol–water partition coefficient (Wildman–Crippen LogP) is -0.805. The van der Waals surface area contributed by atoms with Crippen molar-refractivity contribution in [1.82, 2.24) is 42.2 Å². The number of rotatable bonds is 17. The molecule has 0 spiro atoms. The molecule has 0 radical (unpaired) electrons. The summed E-state index contributed by atoms with van der Waals surface area (Å²) in [4.78, 5) is 103. The molecular weight excluding hydrogens is 953 g/mol. The molecular formula is C49H66N10O10S2. The molecule has 2 heterocycles. The van der Waals surface area contributed by atoms with E-state index in [0.29, 0.717) is 24.0 Å². The van der Waals surface area contributed by atoms with Gasteiger partial charge < -0.3 is 69.0 Å². The van der Waals surface area contributed by atoms with Crippen LogP contribution in [0.3, 0.4) is 0 Å². The number of hydrogen-bond acceptors (Lipinski definition) is 14. The van der Waals surface area contributed by atoms with E-state index < -0.39 is 108 Å². The summed E-state index contributed by atoms with van der Waals surface area (Å²) in [5, 5.41) is 50.5. The van der Waals surface area contributed by atoms with Crippen LogP contribution in [0.15, 0.2) is 91.1 Å². The SMILES string of the molecule is CC(O)C(CO)NC(=O)C1CSSCC(NC(=O)C(N)Cc2ccccc2)C(=O)NC(Cc2ccccc2)C(=O)NC(Cc2c[nH]c3ccccc23)C(=O)NC(CCCCN)C(=O)NC(C(C)O)C(=O)N1. The maximum absolute atomic E-state index is 14.7. The Hall–Kier alpha value is -6.01. The molecule has 7 amide bonds. The summed E-state index contributed by atoms with van der Waals surface area (Å²) >= 11 is 0. The predicted molar refractivity (Wildman–Crippen MR) is 272 cm³/mol. The lowest BCUT2D eigenvalue weighted by molar-refractivity contribution is -0.136. The molecule has 0 aliphatic carbocycles. The average Bonchev–Trinajstić information content (AvgIpc) is 3.76. The molecule has 4 aromatic rings. The third-order valence-electron chi connectivity index (χ3n) is 11.9. The highest BCUT2D eigenvalue weighted by atomic mass is 33.1. The van der Waals surface area contributed by atoms with E-state index in [1.165, 1.54) is 13.8 Å². The Balaban J connectivity index is 1.56. The molecule has 10 atom stereocenters. The lowest BCUT2D eigenvalue weighted by Gasteiger charge is -2.29. The zero-order valence-electron chi connectivity index (χ0n) is 39.7. The van der Waals surface area contributed by atoms with Crippen molar-refractivity contribution in [3.8, 4) is 0 Å². The van der Waals surface area contributed by atoms with Crippen molar-refractivity contribution < 1.29 is 48.9 Å². The fraction of sp³-hybridized carbons (Fsp3) is 0.449. The van der Waals surface area contributed by atoms with E-state index in [1.807, 2.05) is 30.3 Å². The van der Waals surface area contributed by atoms with Crippen molar-refractivity contribution in [1.29, 1.82) is 0 Å². The number of aliphatic hydroxyl groups excluding tert-OH is 3. The van der Waals surface area contributed by atoms with Gasteiger partial charge in [0.25, 0.3) is 0 Å². The van der Waals surface area contributed by atoms with Gasteiger partial charge in [-0.2, -0.15) is 0 Å². The largest absolute Gasteiger partial charge is 0.394 e. The van der Waals surface area contributed by atoms with Crippen LogP contribution in [0.1, 0.15) is 49.8 Å². The number of aliphatic hydroxyl groups is 3. The maximum atomic E-state index is 14.7. The first-order chi connectivity index (χ1) is 34.1. The number of aromatic nitrogens is 1. The summed E-state index contributed by atoms with van der Waals surface area (Å²) in [6, 6.07) is 14.6. The molecule has 1 saturated heterocycles. The quantitative estimate of drug-likeness (QED) is 0.0455. The van der Waals surface area contributed by atoms with Crippen LogP contribution in [0, 0.1) is 0 Å². The van der Waals surface area contributed by atoms with Gasteiger partial charge in [-0.15, -0.1) is 0 Å². The van der Waals surface area contributed by atoms with Gasteiger partial charge in [-0.1, -0.05) is 100 Å². The lowest BCUT2D eigenvalue weighted by Crippen LogP contribution is -2.62. The average molecular weight is 1020 g/mol. The summed E-state index contributed by atoms with van der Waals surface area (Å²) in [6.07, 6.45) is -0.156. The van der Waals surface area contributed by atoms with E-state index >= 15 is 0 Å². The minimum Gasteiger partial charge on any atom is -0.394 e. The molecule has 0 saturated carbocycles. The minimum absolute atomic E-state index is 0.0340. The van der Waals surface area contributed by atoms with Crippen LogP contribution >= 0.6 is 21.6 Å². The highest BCUT2D eigenvalue weighted by molar-refractivity contribution is 8.76.